The Morgan fingerprint density at radius 2 is 2.06 bits per heavy atom. The first-order valence-corrected chi connectivity index (χ1v) is 6.55. The molecule has 86 valence electrons. The summed E-state index contributed by atoms with van der Waals surface area (Å²) in [6.07, 6.45) is 6.32. The average molecular weight is 237 g/mol. The minimum atomic E-state index is -3.39. The third-order valence-electron chi connectivity index (χ3n) is 2.17. The van der Waals surface area contributed by atoms with Crippen LogP contribution in [-0.2, 0) is 10.0 Å². The smallest absolute Gasteiger partial charge is 0.211 e. The standard InChI is InChI=1S/C12H15NO2S/c1-3-4-7-10-13-16(14,15)12-9-6-5-8-11(12)2/h1,5-6,8-9,13H,4,7,10H2,2H3. The molecule has 4 heteroatoms. The fraction of sp³-hybridized carbons (Fsp3) is 0.333. The van der Waals surface area contributed by atoms with Gasteiger partial charge in [0.25, 0.3) is 0 Å². The van der Waals surface area contributed by atoms with Crippen molar-refractivity contribution in [1.82, 2.24) is 4.72 Å². The van der Waals surface area contributed by atoms with Gasteiger partial charge in [-0.1, -0.05) is 18.2 Å². The van der Waals surface area contributed by atoms with Crippen molar-refractivity contribution in [2.24, 2.45) is 0 Å². The van der Waals surface area contributed by atoms with Crippen LogP contribution in [0.15, 0.2) is 29.2 Å². The summed E-state index contributed by atoms with van der Waals surface area (Å²) in [7, 11) is -3.39. The molecular formula is C12H15NO2S. The number of terminal acetylenes is 1. The summed E-state index contributed by atoms with van der Waals surface area (Å²) < 4.78 is 26.2. The second-order valence-corrected chi connectivity index (χ2v) is 5.21. The van der Waals surface area contributed by atoms with Gasteiger partial charge in [0.2, 0.25) is 10.0 Å². The number of unbranched alkanes of at least 4 members (excludes halogenated alkanes) is 1. The summed E-state index contributed by atoms with van der Waals surface area (Å²) in [5.41, 5.74) is 0.743. The summed E-state index contributed by atoms with van der Waals surface area (Å²) in [5, 5.41) is 0. The summed E-state index contributed by atoms with van der Waals surface area (Å²) in [5.74, 6) is 2.47. The summed E-state index contributed by atoms with van der Waals surface area (Å²) in [6.45, 7) is 2.15. The van der Waals surface area contributed by atoms with Gasteiger partial charge in [-0.05, 0) is 25.0 Å². The van der Waals surface area contributed by atoms with Gasteiger partial charge in [0.05, 0.1) is 4.90 Å². The third-order valence-corrected chi connectivity index (χ3v) is 3.79. The predicted molar refractivity (Wildman–Crippen MR) is 64.4 cm³/mol. The predicted octanol–water partition coefficient (Wildman–Crippen LogP) is 1.69. The molecule has 1 N–H and O–H groups in total. The van der Waals surface area contributed by atoms with E-state index in [0.29, 0.717) is 24.3 Å². The van der Waals surface area contributed by atoms with Crippen LogP contribution in [0.25, 0.3) is 0 Å². The maximum atomic E-state index is 11.9. The second kappa shape index (κ2) is 5.69. The Morgan fingerprint density at radius 3 is 2.69 bits per heavy atom. The van der Waals surface area contributed by atoms with Gasteiger partial charge in [-0.25, -0.2) is 13.1 Å². The number of rotatable bonds is 5. The molecule has 0 aliphatic rings. The summed E-state index contributed by atoms with van der Waals surface area (Å²) in [6, 6.07) is 6.89. The van der Waals surface area contributed by atoms with E-state index >= 15 is 0 Å². The molecule has 1 aromatic carbocycles. The molecule has 16 heavy (non-hydrogen) atoms. The molecule has 0 spiro atoms. The van der Waals surface area contributed by atoms with Crippen molar-refractivity contribution in [3.8, 4) is 12.3 Å². The molecule has 0 aliphatic carbocycles. The first-order valence-electron chi connectivity index (χ1n) is 5.06. The molecule has 3 nitrogen and oxygen atoms in total. The highest BCUT2D eigenvalue weighted by Gasteiger charge is 2.14. The number of benzene rings is 1. The van der Waals surface area contributed by atoms with E-state index in [0.717, 1.165) is 5.56 Å². The minimum Gasteiger partial charge on any atom is -0.211 e. The number of hydrogen-bond donors (Lipinski definition) is 1. The Hall–Kier alpha value is -1.31. The van der Waals surface area contributed by atoms with E-state index in [1.165, 1.54) is 0 Å². The number of sulfonamides is 1. The molecule has 0 bridgehead atoms. The van der Waals surface area contributed by atoms with Crippen LogP contribution in [0.1, 0.15) is 18.4 Å². The van der Waals surface area contributed by atoms with Gasteiger partial charge < -0.3 is 0 Å². The molecule has 0 saturated heterocycles. The average Bonchev–Trinajstić information content (AvgIpc) is 2.25. The Morgan fingerprint density at radius 1 is 1.38 bits per heavy atom. The van der Waals surface area contributed by atoms with Crippen molar-refractivity contribution in [3.05, 3.63) is 29.8 Å². The van der Waals surface area contributed by atoms with Gasteiger partial charge in [0.1, 0.15) is 0 Å². The van der Waals surface area contributed by atoms with E-state index < -0.39 is 10.0 Å². The summed E-state index contributed by atoms with van der Waals surface area (Å²) >= 11 is 0. The molecule has 0 amide bonds. The van der Waals surface area contributed by atoms with Crippen LogP contribution in [0, 0.1) is 19.3 Å². The number of nitrogens with one attached hydrogen (secondary N) is 1. The molecule has 0 aliphatic heterocycles. The van der Waals surface area contributed by atoms with Gasteiger partial charge in [0, 0.05) is 13.0 Å². The van der Waals surface area contributed by atoms with E-state index in [9.17, 15) is 8.42 Å². The highest BCUT2D eigenvalue weighted by atomic mass is 32.2. The SMILES string of the molecule is C#CCCCNS(=O)(=O)c1ccccc1C. The van der Waals surface area contributed by atoms with Crippen molar-refractivity contribution in [3.63, 3.8) is 0 Å². The van der Waals surface area contributed by atoms with Crippen LogP contribution in [0.3, 0.4) is 0 Å². The number of hydrogen-bond acceptors (Lipinski definition) is 2. The van der Waals surface area contributed by atoms with Gasteiger partial charge in [-0.2, -0.15) is 0 Å². The Kier molecular flexibility index (Phi) is 4.53. The van der Waals surface area contributed by atoms with E-state index in [1.807, 2.05) is 6.07 Å². The molecule has 0 heterocycles. The van der Waals surface area contributed by atoms with Crippen LogP contribution >= 0.6 is 0 Å². The Balaban J connectivity index is 2.72. The molecule has 1 aromatic rings. The molecule has 1 rings (SSSR count). The van der Waals surface area contributed by atoms with Crippen LogP contribution < -0.4 is 4.72 Å². The maximum absolute atomic E-state index is 11.9. The van der Waals surface area contributed by atoms with Crippen molar-refractivity contribution in [2.45, 2.75) is 24.7 Å². The van der Waals surface area contributed by atoms with Crippen molar-refractivity contribution < 1.29 is 8.42 Å². The molecule has 0 aromatic heterocycles. The molecule has 0 radical (unpaired) electrons. The van der Waals surface area contributed by atoms with Gasteiger partial charge in [0.15, 0.2) is 0 Å². The van der Waals surface area contributed by atoms with E-state index in [4.69, 9.17) is 6.42 Å². The summed E-state index contributed by atoms with van der Waals surface area (Å²) in [4.78, 5) is 0.329. The highest BCUT2D eigenvalue weighted by Crippen LogP contribution is 2.13. The van der Waals surface area contributed by atoms with E-state index in [2.05, 4.69) is 10.6 Å². The van der Waals surface area contributed by atoms with Crippen LogP contribution in [-0.4, -0.2) is 15.0 Å². The second-order valence-electron chi connectivity index (χ2n) is 3.47. The Bertz CT molecular complexity index is 486. The van der Waals surface area contributed by atoms with Gasteiger partial charge in [-0.3, -0.25) is 0 Å². The fourth-order valence-electron chi connectivity index (χ4n) is 1.33. The minimum absolute atomic E-state index is 0.329. The lowest BCUT2D eigenvalue weighted by Gasteiger charge is -2.08. The van der Waals surface area contributed by atoms with Crippen LogP contribution in [0.4, 0.5) is 0 Å². The van der Waals surface area contributed by atoms with Crippen molar-refractivity contribution in [1.29, 1.82) is 0 Å². The molecular weight excluding hydrogens is 222 g/mol. The fourth-order valence-corrected chi connectivity index (χ4v) is 2.65. The van der Waals surface area contributed by atoms with Gasteiger partial charge >= 0.3 is 0 Å². The largest absolute Gasteiger partial charge is 0.240 e. The first kappa shape index (κ1) is 12.8. The lowest BCUT2D eigenvalue weighted by Crippen LogP contribution is -2.25. The third kappa shape index (κ3) is 3.37. The maximum Gasteiger partial charge on any atom is 0.240 e. The lowest BCUT2D eigenvalue weighted by molar-refractivity contribution is 0.579. The van der Waals surface area contributed by atoms with Gasteiger partial charge in [-0.15, -0.1) is 12.3 Å². The molecule has 0 atom stereocenters. The monoisotopic (exact) mass is 237 g/mol. The first-order chi connectivity index (χ1) is 7.58. The quantitative estimate of drug-likeness (QED) is 0.625. The zero-order valence-electron chi connectivity index (χ0n) is 9.23. The zero-order valence-corrected chi connectivity index (χ0v) is 10.0. The highest BCUT2D eigenvalue weighted by molar-refractivity contribution is 7.89. The normalized spacial score (nSPS) is 11.0. The Labute approximate surface area is 96.9 Å². The topological polar surface area (TPSA) is 46.2 Å². The van der Waals surface area contributed by atoms with Crippen molar-refractivity contribution in [2.75, 3.05) is 6.54 Å². The number of aryl methyl sites for hydroxylation is 1. The molecule has 0 saturated carbocycles. The molecule has 0 unspecified atom stereocenters. The van der Waals surface area contributed by atoms with E-state index in [1.54, 1.807) is 25.1 Å². The van der Waals surface area contributed by atoms with Crippen LogP contribution in [0.2, 0.25) is 0 Å². The zero-order chi connectivity index (χ0) is 12.0. The molecule has 0 fully saturated rings. The van der Waals surface area contributed by atoms with Crippen LogP contribution in [0.5, 0.6) is 0 Å². The lowest BCUT2D eigenvalue weighted by atomic mass is 10.2. The van der Waals surface area contributed by atoms with E-state index in [-0.39, 0.29) is 0 Å². The van der Waals surface area contributed by atoms with Crippen molar-refractivity contribution >= 4 is 10.0 Å².